The lowest BCUT2D eigenvalue weighted by molar-refractivity contribution is 1.02. The second kappa shape index (κ2) is 4.17. The van der Waals surface area contributed by atoms with Gasteiger partial charge in [-0.15, -0.1) is 0 Å². The molecule has 0 aliphatic heterocycles. The summed E-state index contributed by atoms with van der Waals surface area (Å²) in [5, 5.41) is 0. The molecule has 22 heavy (non-hydrogen) atoms. The predicted octanol–water partition coefficient (Wildman–Crippen LogP) is -0.161. The van der Waals surface area contributed by atoms with E-state index in [1.54, 1.807) is 0 Å². The van der Waals surface area contributed by atoms with Crippen LogP contribution < -0.4 is 45.9 Å². The van der Waals surface area contributed by atoms with Crippen LogP contribution in [0.5, 0.6) is 0 Å². The van der Waals surface area contributed by atoms with Crippen LogP contribution in [-0.4, -0.2) is 0 Å². The molecule has 1 aliphatic carbocycles. The highest BCUT2D eigenvalue weighted by molar-refractivity contribution is 5.95. The summed E-state index contributed by atoms with van der Waals surface area (Å²) in [5.41, 5.74) is 54.1. The second-order valence-corrected chi connectivity index (χ2v) is 5.58. The first-order valence-corrected chi connectivity index (χ1v) is 6.72. The van der Waals surface area contributed by atoms with E-state index in [0.29, 0.717) is 35.6 Å². The molecule has 3 rings (SSSR count). The van der Waals surface area contributed by atoms with Crippen LogP contribution in [0.4, 0.5) is 45.5 Å². The second-order valence-electron chi connectivity index (χ2n) is 5.58. The fraction of sp³-hybridized carbons (Fsp3) is 0.143. The van der Waals surface area contributed by atoms with E-state index in [4.69, 9.17) is 45.9 Å². The van der Waals surface area contributed by atoms with Gasteiger partial charge in [-0.1, -0.05) is 0 Å². The van der Waals surface area contributed by atoms with Gasteiger partial charge in [-0.2, -0.15) is 0 Å². The topological polar surface area (TPSA) is 208 Å². The van der Waals surface area contributed by atoms with E-state index in [1.807, 2.05) is 0 Å². The molecule has 2 aromatic rings. The molecule has 0 atom stereocenters. The molecule has 1 aliphatic rings. The smallest absolute Gasteiger partial charge is 0.0805 e. The third-order valence-corrected chi connectivity index (χ3v) is 4.48. The Labute approximate surface area is 127 Å². The maximum absolute atomic E-state index is 6.10. The third kappa shape index (κ3) is 1.51. The van der Waals surface area contributed by atoms with Gasteiger partial charge in [-0.3, -0.25) is 0 Å². The summed E-state index contributed by atoms with van der Waals surface area (Å²) in [6.07, 6.45) is 0.872. The third-order valence-electron chi connectivity index (χ3n) is 4.48. The monoisotopic (exact) mass is 300 g/mol. The van der Waals surface area contributed by atoms with E-state index in [1.165, 1.54) is 0 Å². The van der Waals surface area contributed by atoms with Gasteiger partial charge in [-0.05, 0) is 22.3 Å². The van der Waals surface area contributed by atoms with E-state index in [9.17, 15) is 0 Å². The van der Waals surface area contributed by atoms with Gasteiger partial charge in [0.05, 0.1) is 45.5 Å². The molecular formula is C14H20N8. The zero-order valence-electron chi connectivity index (χ0n) is 12.0. The Bertz CT molecular complexity index is 690. The van der Waals surface area contributed by atoms with E-state index >= 15 is 0 Å². The van der Waals surface area contributed by atoms with Crippen molar-refractivity contribution in [3.8, 4) is 0 Å². The lowest BCUT2D eigenvalue weighted by Crippen LogP contribution is -2.20. The summed E-state index contributed by atoms with van der Waals surface area (Å²) in [7, 11) is 0. The van der Waals surface area contributed by atoms with E-state index in [0.717, 1.165) is 22.3 Å². The molecule has 0 aromatic heterocycles. The van der Waals surface area contributed by atoms with Gasteiger partial charge >= 0.3 is 0 Å². The van der Waals surface area contributed by atoms with Crippen molar-refractivity contribution in [3.63, 3.8) is 0 Å². The number of hydrogen-bond acceptors (Lipinski definition) is 8. The molecule has 16 N–H and O–H groups in total. The van der Waals surface area contributed by atoms with Crippen molar-refractivity contribution in [1.82, 2.24) is 0 Å². The number of rotatable bonds is 0. The Morgan fingerprint density at radius 2 is 0.500 bits per heavy atom. The summed E-state index contributed by atoms with van der Waals surface area (Å²) in [6, 6.07) is 0. The van der Waals surface area contributed by atoms with Gasteiger partial charge in [0.2, 0.25) is 0 Å². The molecule has 0 heterocycles. The summed E-state index contributed by atoms with van der Waals surface area (Å²) < 4.78 is 0. The van der Waals surface area contributed by atoms with E-state index in [2.05, 4.69) is 0 Å². The highest BCUT2D eigenvalue weighted by Gasteiger charge is 2.28. The number of nitrogens with two attached hydrogens (primary N) is 8. The molecule has 0 fully saturated rings. The van der Waals surface area contributed by atoms with Crippen molar-refractivity contribution in [3.05, 3.63) is 22.3 Å². The first kappa shape index (κ1) is 13.8. The van der Waals surface area contributed by atoms with Crippen LogP contribution in [-0.2, 0) is 12.8 Å². The molecule has 116 valence electrons. The van der Waals surface area contributed by atoms with Gasteiger partial charge in [0.25, 0.3) is 0 Å². The summed E-state index contributed by atoms with van der Waals surface area (Å²) in [4.78, 5) is 0. The lowest BCUT2D eigenvalue weighted by Gasteiger charge is -2.28. The first-order chi connectivity index (χ1) is 10.3. The molecule has 8 heteroatoms. The standard InChI is InChI=1S/C14H20N8/c15-7-3-1-4-6(10(18)14(22)12(20)8(4)16)2-5(3)9(17)13(21)11(7)19/h1-2,15-22H2. The van der Waals surface area contributed by atoms with Crippen molar-refractivity contribution in [2.45, 2.75) is 12.8 Å². The molecule has 0 amide bonds. The molecular weight excluding hydrogens is 280 g/mol. The fourth-order valence-electron chi connectivity index (χ4n) is 3.04. The number of anilines is 8. The van der Waals surface area contributed by atoms with Crippen LogP contribution in [0.15, 0.2) is 0 Å². The summed E-state index contributed by atoms with van der Waals surface area (Å²) in [5.74, 6) is 0. The highest BCUT2D eigenvalue weighted by atomic mass is 14.8. The predicted molar refractivity (Wildman–Crippen MR) is 93.8 cm³/mol. The number of benzene rings is 2. The molecule has 2 aromatic carbocycles. The average molecular weight is 300 g/mol. The normalized spacial score (nSPS) is 12.7. The quantitative estimate of drug-likeness (QED) is 0.261. The van der Waals surface area contributed by atoms with Gasteiger partial charge in [0.15, 0.2) is 0 Å². The average Bonchev–Trinajstić information content (AvgIpc) is 2.52. The van der Waals surface area contributed by atoms with Crippen LogP contribution in [0.1, 0.15) is 22.3 Å². The van der Waals surface area contributed by atoms with Crippen molar-refractivity contribution in [2.75, 3.05) is 45.9 Å². The summed E-state index contributed by atoms with van der Waals surface area (Å²) in [6.45, 7) is 0. The molecule has 8 nitrogen and oxygen atoms in total. The molecule has 0 unspecified atom stereocenters. The lowest BCUT2D eigenvalue weighted by atomic mass is 9.81. The molecule has 0 saturated heterocycles. The Hall–Kier alpha value is -3.16. The number of hydrogen-bond donors (Lipinski definition) is 8. The number of nitrogen functional groups attached to an aromatic ring is 8. The minimum Gasteiger partial charge on any atom is -0.397 e. The molecule has 0 bridgehead atoms. The van der Waals surface area contributed by atoms with Gasteiger partial charge in [0.1, 0.15) is 0 Å². The van der Waals surface area contributed by atoms with Crippen LogP contribution in [0, 0.1) is 0 Å². The van der Waals surface area contributed by atoms with Crippen LogP contribution in [0.25, 0.3) is 0 Å². The zero-order valence-corrected chi connectivity index (χ0v) is 12.0. The Balaban J connectivity index is 2.32. The zero-order chi connectivity index (χ0) is 16.3. The maximum atomic E-state index is 6.10. The van der Waals surface area contributed by atoms with Crippen molar-refractivity contribution < 1.29 is 0 Å². The highest BCUT2D eigenvalue weighted by Crippen LogP contribution is 2.47. The maximum Gasteiger partial charge on any atom is 0.0805 e. The first-order valence-electron chi connectivity index (χ1n) is 6.72. The SMILES string of the molecule is Nc1c(N)c(N)c2c(c1N)Cc1c(N)c(N)c(N)c(N)c1C2. The molecule has 0 radical (unpaired) electrons. The van der Waals surface area contributed by atoms with Gasteiger partial charge in [0, 0.05) is 12.8 Å². The van der Waals surface area contributed by atoms with Crippen LogP contribution >= 0.6 is 0 Å². The van der Waals surface area contributed by atoms with Crippen molar-refractivity contribution in [2.24, 2.45) is 0 Å². The summed E-state index contributed by atoms with van der Waals surface area (Å²) >= 11 is 0. The van der Waals surface area contributed by atoms with E-state index < -0.39 is 0 Å². The fourth-order valence-corrected chi connectivity index (χ4v) is 3.04. The Morgan fingerprint density at radius 3 is 0.682 bits per heavy atom. The van der Waals surface area contributed by atoms with Crippen LogP contribution in [0.3, 0.4) is 0 Å². The largest absolute Gasteiger partial charge is 0.397 e. The van der Waals surface area contributed by atoms with Crippen molar-refractivity contribution >= 4 is 45.5 Å². The van der Waals surface area contributed by atoms with Gasteiger partial charge in [-0.25, -0.2) is 0 Å². The van der Waals surface area contributed by atoms with Crippen LogP contribution in [0.2, 0.25) is 0 Å². The molecule has 0 spiro atoms. The Morgan fingerprint density at radius 1 is 0.318 bits per heavy atom. The number of fused-ring (bicyclic) bond motifs is 2. The van der Waals surface area contributed by atoms with Crippen molar-refractivity contribution in [1.29, 1.82) is 0 Å². The van der Waals surface area contributed by atoms with Gasteiger partial charge < -0.3 is 45.9 Å². The minimum absolute atomic E-state index is 0.287. The minimum atomic E-state index is 0.287. The Kier molecular flexibility index (Phi) is 2.62. The molecule has 0 saturated carbocycles. The van der Waals surface area contributed by atoms with E-state index in [-0.39, 0.29) is 22.7 Å².